The molecule has 0 bridgehead atoms. The van der Waals surface area contributed by atoms with Crippen molar-refractivity contribution in [1.82, 2.24) is 5.32 Å². The Kier molecular flexibility index (Phi) is 5.43. The third kappa shape index (κ3) is 4.74. The average Bonchev–Trinajstić information content (AvgIpc) is 3.16. The van der Waals surface area contributed by atoms with Crippen LogP contribution in [-0.2, 0) is 9.53 Å². The molecule has 0 aromatic carbocycles. The highest BCUT2D eigenvalue weighted by Gasteiger charge is 2.30. The molecule has 0 spiro atoms. The third-order valence-electron chi connectivity index (χ3n) is 3.26. The van der Waals surface area contributed by atoms with Crippen molar-refractivity contribution in [3.63, 3.8) is 0 Å². The largest absolute Gasteiger partial charge is 0.381 e. The Morgan fingerprint density at radius 3 is 2.82 bits per heavy atom. The Hall–Kier alpha value is -1.08. The molecule has 0 aromatic rings. The van der Waals surface area contributed by atoms with E-state index in [2.05, 4.69) is 11.4 Å². The van der Waals surface area contributed by atoms with Crippen molar-refractivity contribution in [3.8, 4) is 6.07 Å². The molecule has 0 heterocycles. The fraction of sp³-hybridized carbons (Fsp3) is 0.846. The molecule has 0 saturated heterocycles. The van der Waals surface area contributed by atoms with E-state index >= 15 is 0 Å². The number of carbonyl (C=O) groups excluding carboxylic acids is 1. The first-order valence-corrected chi connectivity index (χ1v) is 6.39. The topological polar surface area (TPSA) is 62.1 Å². The molecule has 1 atom stereocenters. The van der Waals surface area contributed by atoms with Crippen LogP contribution in [0.3, 0.4) is 0 Å². The fourth-order valence-electron chi connectivity index (χ4n) is 1.40. The van der Waals surface area contributed by atoms with Crippen LogP contribution in [0.4, 0.5) is 0 Å². The van der Waals surface area contributed by atoms with Gasteiger partial charge in [-0.3, -0.25) is 4.79 Å². The molecule has 96 valence electrons. The summed E-state index contributed by atoms with van der Waals surface area (Å²) in [5, 5.41) is 11.7. The van der Waals surface area contributed by atoms with Crippen LogP contribution >= 0.6 is 0 Å². The number of ether oxygens (including phenoxy) is 1. The zero-order valence-electron chi connectivity index (χ0n) is 10.8. The molecule has 1 aliphatic rings. The van der Waals surface area contributed by atoms with E-state index in [1.807, 2.05) is 6.92 Å². The lowest BCUT2D eigenvalue weighted by molar-refractivity contribution is -0.127. The standard InChI is InChI=1S/C13H22N2O2/c1-3-13(2,10-14)12(16)15-7-4-8-17-9-11-5-6-11/h11H,3-9H2,1-2H3,(H,15,16). The molecular weight excluding hydrogens is 216 g/mol. The molecule has 0 aliphatic heterocycles. The number of hydrogen-bond acceptors (Lipinski definition) is 3. The SMILES string of the molecule is CCC(C)(C#N)C(=O)NCCCOCC1CC1. The van der Waals surface area contributed by atoms with Crippen LogP contribution in [0.25, 0.3) is 0 Å². The molecular formula is C13H22N2O2. The van der Waals surface area contributed by atoms with Crippen LogP contribution in [0.1, 0.15) is 39.5 Å². The number of hydrogen-bond donors (Lipinski definition) is 1. The van der Waals surface area contributed by atoms with E-state index in [1.165, 1.54) is 12.8 Å². The third-order valence-corrected chi connectivity index (χ3v) is 3.26. The molecule has 0 radical (unpaired) electrons. The van der Waals surface area contributed by atoms with Gasteiger partial charge in [0.2, 0.25) is 5.91 Å². The predicted octanol–water partition coefficient (Wildman–Crippen LogP) is 1.86. The van der Waals surface area contributed by atoms with Crippen molar-refractivity contribution in [2.45, 2.75) is 39.5 Å². The van der Waals surface area contributed by atoms with Crippen molar-refractivity contribution in [2.75, 3.05) is 19.8 Å². The predicted molar refractivity (Wildman–Crippen MR) is 65.2 cm³/mol. The molecule has 1 rings (SSSR count). The zero-order valence-corrected chi connectivity index (χ0v) is 10.8. The molecule has 1 aliphatic carbocycles. The maximum absolute atomic E-state index is 11.7. The molecule has 1 unspecified atom stereocenters. The summed E-state index contributed by atoms with van der Waals surface area (Å²) in [4.78, 5) is 11.7. The molecule has 4 nitrogen and oxygen atoms in total. The lowest BCUT2D eigenvalue weighted by atomic mass is 9.88. The van der Waals surface area contributed by atoms with Gasteiger partial charge >= 0.3 is 0 Å². The van der Waals surface area contributed by atoms with Gasteiger partial charge in [-0.2, -0.15) is 5.26 Å². The Balaban J connectivity index is 2.04. The van der Waals surface area contributed by atoms with Gasteiger partial charge < -0.3 is 10.1 Å². The summed E-state index contributed by atoms with van der Waals surface area (Å²) in [7, 11) is 0. The second-order valence-corrected chi connectivity index (χ2v) is 4.93. The van der Waals surface area contributed by atoms with Gasteiger partial charge in [0.25, 0.3) is 0 Å². The summed E-state index contributed by atoms with van der Waals surface area (Å²) in [6.07, 6.45) is 3.94. The highest BCUT2D eigenvalue weighted by atomic mass is 16.5. The maximum Gasteiger partial charge on any atom is 0.240 e. The normalized spacial score (nSPS) is 18.2. The van der Waals surface area contributed by atoms with Gasteiger partial charge in [0.05, 0.1) is 6.07 Å². The van der Waals surface area contributed by atoms with Gasteiger partial charge in [-0.25, -0.2) is 0 Å². The number of amides is 1. The lowest BCUT2D eigenvalue weighted by Crippen LogP contribution is -2.38. The summed E-state index contributed by atoms with van der Waals surface area (Å²) in [5.74, 6) is 0.608. The number of nitriles is 1. The van der Waals surface area contributed by atoms with Gasteiger partial charge in [0.1, 0.15) is 5.41 Å². The first-order valence-electron chi connectivity index (χ1n) is 6.39. The highest BCUT2D eigenvalue weighted by molar-refractivity contribution is 5.84. The second kappa shape index (κ2) is 6.61. The monoisotopic (exact) mass is 238 g/mol. The van der Waals surface area contributed by atoms with Crippen molar-refractivity contribution < 1.29 is 9.53 Å². The first kappa shape index (κ1) is 14.0. The lowest BCUT2D eigenvalue weighted by Gasteiger charge is -2.18. The Bertz CT molecular complexity index is 294. The Labute approximate surface area is 103 Å². The zero-order chi connectivity index (χ0) is 12.7. The molecule has 0 aromatic heterocycles. The molecule has 1 saturated carbocycles. The summed E-state index contributed by atoms with van der Waals surface area (Å²) >= 11 is 0. The van der Waals surface area contributed by atoms with E-state index in [4.69, 9.17) is 10.00 Å². The van der Waals surface area contributed by atoms with Gasteiger partial charge in [-0.05, 0) is 38.5 Å². The van der Waals surface area contributed by atoms with Crippen LogP contribution in [-0.4, -0.2) is 25.7 Å². The molecule has 1 amide bonds. The Morgan fingerprint density at radius 1 is 1.59 bits per heavy atom. The number of rotatable bonds is 8. The summed E-state index contributed by atoms with van der Waals surface area (Å²) in [6.45, 7) is 5.65. The fourth-order valence-corrected chi connectivity index (χ4v) is 1.40. The molecule has 1 fully saturated rings. The average molecular weight is 238 g/mol. The van der Waals surface area contributed by atoms with Crippen molar-refractivity contribution in [2.24, 2.45) is 11.3 Å². The van der Waals surface area contributed by atoms with Crippen LogP contribution in [0.5, 0.6) is 0 Å². The maximum atomic E-state index is 11.7. The van der Waals surface area contributed by atoms with E-state index in [1.54, 1.807) is 6.92 Å². The van der Waals surface area contributed by atoms with E-state index in [0.29, 0.717) is 19.6 Å². The van der Waals surface area contributed by atoms with Gasteiger partial charge in [-0.15, -0.1) is 0 Å². The molecule has 1 N–H and O–H groups in total. The summed E-state index contributed by atoms with van der Waals surface area (Å²) in [6, 6.07) is 2.06. The van der Waals surface area contributed by atoms with Crippen molar-refractivity contribution >= 4 is 5.91 Å². The minimum atomic E-state index is -0.894. The summed E-state index contributed by atoms with van der Waals surface area (Å²) in [5.41, 5.74) is -0.894. The van der Waals surface area contributed by atoms with E-state index in [9.17, 15) is 4.79 Å². The minimum Gasteiger partial charge on any atom is -0.381 e. The quantitative estimate of drug-likeness (QED) is 0.656. The van der Waals surface area contributed by atoms with Crippen molar-refractivity contribution in [3.05, 3.63) is 0 Å². The van der Waals surface area contributed by atoms with Crippen LogP contribution in [0.15, 0.2) is 0 Å². The molecule has 17 heavy (non-hydrogen) atoms. The van der Waals surface area contributed by atoms with Gasteiger partial charge in [0, 0.05) is 19.8 Å². The number of nitrogens with one attached hydrogen (secondary N) is 1. The smallest absolute Gasteiger partial charge is 0.240 e. The Morgan fingerprint density at radius 2 is 2.29 bits per heavy atom. The van der Waals surface area contributed by atoms with Crippen LogP contribution < -0.4 is 5.32 Å². The van der Waals surface area contributed by atoms with Crippen molar-refractivity contribution in [1.29, 1.82) is 5.26 Å². The minimum absolute atomic E-state index is 0.176. The van der Waals surface area contributed by atoms with E-state index in [0.717, 1.165) is 18.9 Å². The number of carbonyl (C=O) groups is 1. The van der Waals surface area contributed by atoms with Crippen LogP contribution in [0.2, 0.25) is 0 Å². The number of nitrogens with zero attached hydrogens (tertiary/aromatic N) is 1. The van der Waals surface area contributed by atoms with Crippen LogP contribution in [0, 0.1) is 22.7 Å². The highest BCUT2D eigenvalue weighted by Crippen LogP contribution is 2.28. The first-order chi connectivity index (χ1) is 8.12. The van der Waals surface area contributed by atoms with E-state index in [-0.39, 0.29) is 5.91 Å². The van der Waals surface area contributed by atoms with Gasteiger partial charge in [-0.1, -0.05) is 6.92 Å². The second-order valence-electron chi connectivity index (χ2n) is 4.93. The van der Waals surface area contributed by atoms with E-state index < -0.39 is 5.41 Å². The molecule has 4 heteroatoms. The van der Waals surface area contributed by atoms with Gasteiger partial charge in [0.15, 0.2) is 0 Å². The summed E-state index contributed by atoms with van der Waals surface area (Å²) < 4.78 is 5.46.